The van der Waals surface area contributed by atoms with Gasteiger partial charge in [0.05, 0.1) is 29.0 Å². The Balaban J connectivity index is 2.08. The highest BCUT2D eigenvalue weighted by Gasteiger charge is 2.22. The molecule has 1 atom stereocenters. The molecular formula is C18H20FN7O2. The molecule has 9 nitrogen and oxygen atoms in total. The lowest BCUT2D eigenvalue weighted by atomic mass is 10.2. The van der Waals surface area contributed by atoms with Gasteiger partial charge < -0.3 is 15.8 Å². The maximum atomic E-state index is 14.5. The van der Waals surface area contributed by atoms with E-state index in [0.29, 0.717) is 12.0 Å². The number of primary amides is 1. The molecule has 0 saturated heterocycles. The molecule has 0 bridgehead atoms. The van der Waals surface area contributed by atoms with Crippen LogP contribution in [0.2, 0.25) is 0 Å². The number of rotatable bonds is 7. The number of carbonyl (C=O) groups excluding carboxylic acids is 2. The number of amides is 1. The standard InChI is InChI=1S/C18H20FN7O2/c1-10(6-7-27)26(21)18-13(19)8-11(16(20)28)17(24-18)23-14-4-3-5-15-12(14)9-22-25(15)2/h3-5,7-10H,6,21H2,1-2H3,(H2,20,28)(H,23,24)/t10-/m1/s1. The molecule has 146 valence electrons. The summed E-state index contributed by atoms with van der Waals surface area (Å²) in [6, 6.07) is 5.95. The Morgan fingerprint density at radius 1 is 1.46 bits per heavy atom. The summed E-state index contributed by atoms with van der Waals surface area (Å²) in [5.74, 6) is 4.10. The van der Waals surface area contributed by atoms with Gasteiger partial charge in [0.15, 0.2) is 11.6 Å². The van der Waals surface area contributed by atoms with E-state index in [2.05, 4.69) is 15.4 Å². The summed E-state index contributed by atoms with van der Waals surface area (Å²) in [5.41, 5.74) is 6.74. The summed E-state index contributed by atoms with van der Waals surface area (Å²) >= 11 is 0. The minimum Gasteiger partial charge on any atom is -0.365 e. The first-order valence-corrected chi connectivity index (χ1v) is 8.49. The number of hydrogen-bond acceptors (Lipinski definition) is 7. The number of carbonyl (C=O) groups is 2. The number of aldehydes is 1. The largest absolute Gasteiger partial charge is 0.365 e. The lowest BCUT2D eigenvalue weighted by molar-refractivity contribution is -0.108. The number of benzene rings is 1. The summed E-state index contributed by atoms with van der Waals surface area (Å²) < 4.78 is 16.2. The van der Waals surface area contributed by atoms with Gasteiger partial charge in [-0.1, -0.05) is 6.07 Å². The summed E-state index contributed by atoms with van der Waals surface area (Å²) in [4.78, 5) is 26.7. The summed E-state index contributed by atoms with van der Waals surface area (Å²) in [7, 11) is 1.80. The lowest BCUT2D eigenvalue weighted by Crippen LogP contribution is -2.41. The summed E-state index contributed by atoms with van der Waals surface area (Å²) in [6.45, 7) is 1.65. The molecule has 0 aliphatic carbocycles. The fraction of sp³-hybridized carbons (Fsp3) is 0.222. The van der Waals surface area contributed by atoms with Crippen LogP contribution in [0.5, 0.6) is 0 Å². The predicted molar refractivity (Wildman–Crippen MR) is 104 cm³/mol. The van der Waals surface area contributed by atoms with Crippen molar-refractivity contribution in [3.05, 3.63) is 41.8 Å². The van der Waals surface area contributed by atoms with E-state index < -0.39 is 17.8 Å². The molecule has 0 aliphatic heterocycles. The van der Waals surface area contributed by atoms with Gasteiger partial charge in [0.2, 0.25) is 0 Å². The molecule has 2 heterocycles. The highest BCUT2D eigenvalue weighted by Crippen LogP contribution is 2.29. The highest BCUT2D eigenvalue weighted by atomic mass is 19.1. The van der Waals surface area contributed by atoms with Crippen molar-refractivity contribution in [2.45, 2.75) is 19.4 Å². The number of aromatic nitrogens is 3. The Morgan fingerprint density at radius 3 is 2.89 bits per heavy atom. The fourth-order valence-electron chi connectivity index (χ4n) is 2.82. The second-order valence-electron chi connectivity index (χ2n) is 6.34. The van der Waals surface area contributed by atoms with E-state index in [4.69, 9.17) is 11.6 Å². The topological polar surface area (TPSA) is 132 Å². The third-order valence-electron chi connectivity index (χ3n) is 4.42. The van der Waals surface area contributed by atoms with E-state index in [0.717, 1.165) is 22.0 Å². The monoisotopic (exact) mass is 385 g/mol. The molecule has 3 aromatic rings. The Bertz CT molecular complexity index is 1050. The van der Waals surface area contributed by atoms with Crippen LogP contribution in [0.1, 0.15) is 23.7 Å². The lowest BCUT2D eigenvalue weighted by Gasteiger charge is -2.25. The van der Waals surface area contributed by atoms with Gasteiger partial charge in [-0.2, -0.15) is 5.10 Å². The summed E-state index contributed by atoms with van der Waals surface area (Å²) in [6.07, 6.45) is 2.43. The third kappa shape index (κ3) is 3.49. The molecule has 1 aromatic carbocycles. The van der Waals surface area contributed by atoms with Crippen LogP contribution in [0.4, 0.5) is 21.7 Å². The molecule has 0 spiro atoms. The van der Waals surface area contributed by atoms with Crippen LogP contribution in [-0.4, -0.2) is 33.0 Å². The zero-order valence-corrected chi connectivity index (χ0v) is 15.4. The normalized spacial score (nSPS) is 12.0. The van der Waals surface area contributed by atoms with Crippen molar-refractivity contribution in [3.8, 4) is 0 Å². The number of halogens is 1. The Labute approximate surface area is 160 Å². The smallest absolute Gasteiger partial charge is 0.252 e. The van der Waals surface area contributed by atoms with Gasteiger partial charge in [0.1, 0.15) is 12.1 Å². The minimum absolute atomic E-state index is 0.0500. The summed E-state index contributed by atoms with van der Waals surface area (Å²) in [5, 5.41) is 9.05. The fourth-order valence-corrected chi connectivity index (χ4v) is 2.82. The van der Waals surface area contributed by atoms with Gasteiger partial charge in [-0.25, -0.2) is 15.2 Å². The molecule has 2 aromatic heterocycles. The van der Waals surface area contributed by atoms with Crippen molar-refractivity contribution < 1.29 is 14.0 Å². The Morgan fingerprint density at radius 2 is 2.21 bits per heavy atom. The van der Waals surface area contributed by atoms with E-state index >= 15 is 0 Å². The van der Waals surface area contributed by atoms with Crippen LogP contribution in [0.25, 0.3) is 10.9 Å². The molecule has 0 radical (unpaired) electrons. The van der Waals surface area contributed by atoms with Crippen LogP contribution in [0.3, 0.4) is 0 Å². The molecule has 5 N–H and O–H groups in total. The van der Waals surface area contributed by atoms with Crippen molar-refractivity contribution in [3.63, 3.8) is 0 Å². The molecule has 3 rings (SSSR count). The SMILES string of the molecule is C[C@H](CC=O)N(N)c1nc(Nc2cccc3c2cnn3C)c(C(N)=O)cc1F. The van der Waals surface area contributed by atoms with E-state index in [1.165, 1.54) is 0 Å². The zero-order chi connectivity index (χ0) is 20.4. The van der Waals surface area contributed by atoms with Crippen LogP contribution < -0.4 is 21.9 Å². The zero-order valence-electron chi connectivity index (χ0n) is 15.4. The highest BCUT2D eigenvalue weighted by molar-refractivity contribution is 6.00. The number of nitrogens with one attached hydrogen (secondary N) is 1. The van der Waals surface area contributed by atoms with E-state index in [-0.39, 0.29) is 23.6 Å². The van der Waals surface area contributed by atoms with E-state index in [1.807, 2.05) is 12.1 Å². The van der Waals surface area contributed by atoms with Gasteiger partial charge in [0, 0.05) is 18.9 Å². The van der Waals surface area contributed by atoms with Crippen molar-refractivity contribution in [2.24, 2.45) is 18.6 Å². The number of pyridine rings is 1. The van der Waals surface area contributed by atoms with Crippen LogP contribution in [-0.2, 0) is 11.8 Å². The first-order chi connectivity index (χ1) is 13.3. The van der Waals surface area contributed by atoms with E-state index in [1.54, 1.807) is 30.9 Å². The van der Waals surface area contributed by atoms with Gasteiger partial charge in [-0.3, -0.25) is 14.5 Å². The van der Waals surface area contributed by atoms with Gasteiger partial charge in [-0.05, 0) is 25.1 Å². The first kappa shape index (κ1) is 19.2. The Hall–Kier alpha value is -3.53. The molecule has 1 amide bonds. The second kappa shape index (κ2) is 7.61. The van der Waals surface area contributed by atoms with Crippen LogP contribution in [0.15, 0.2) is 30.5 Å². The van der Waals surface area contributed by atoms with Crippen molar-refractivity contribution >= 4 is 40.4 Å². The molecule has 0 unspecified atom stereocenters. The number of nitrogens with zero attached hydrogens (tertiary/aromatic N) is 4. The Kier molecular flexibility index (Phi) is 5.23. The second-order valence-corrected chi connectivity index (χ2v) is 6.34. The third-order valence-corrected chi connectivity index (χ3v) is 4.42. The van der Waals surface area contributed by atoms with Gasteiger partial charge in [0.25, 0.3) is 5.91 Å². The van der Waals surface area contributed by atoms with Crippen LogP contribution in [0, 0.1) is 5.82 Å². The first-order valence-electron chi connectivity index (χ1n) is 8.49. The number of nitrogens with two attached hydrogens (primary N) is 2. The average Bonchev–Trinajstić information content (AvgIpc) is 3.04. The molecule has 0 aliphatic rings. The molecule has 28 heavy (non-hydrogen) atoms. The maximum Gasteiger partial charge on any atom is 0.252 e. The number of anilines is 3. The number of hydrogen-bond donors (Lipinski definition) is 3. The molecule has 0 fully saturated rings. The average molecular weight is 385 g/mol. The van der Waals surface area contributed by atoms with Crippen molar-refractivity contribution in [1.29, 1.82) is 0 Å². The van der Waals surface area contributed by atoms with Crippen molar-refractivity contribution in [2.75, 3.05) is 10.3 Å². The minimum atomic E-state index is -0.844. The number of aryl methyl sites for hydroxylation is 1. The van der Waals surface area contributed by atoms with Crippen molar-refractivity contribution in [1.82, 2.24) is 14.8 Å². The number of hydrazine groups is 1. The quantitative estimate of drug-likeness (QED) is 0.320. The van der Waals surface area contributed by atoms with Gasteiger partial charge in [-0.15, -0.1) is 0 Å². The maximum absolute atomic E-state index is 14.5. The molecule has 10 heteroatoms. The van der Waals surface area contributed by atoms with Gasteiger partial charge >= 0.3 is 0 Å². The van der Waals surface area contributed by atoms with E-state index in [9.17, 15) is 14.0 Å². The predicted octanol–water partition coefficient (Wildman–Crippen LogP) is 1.61. The van der Waals surface area contributed by atoms with Crippen LogP contribution >= 0.6 is 0 Å². The molecule has 0 saturated carbocycles. The number of fused-ring (bicyclic) bond motifs is 1. The molecular weight excluding hydrogens is 365 g/mol.